The maximum absolute atomic E-state index is 5.64. The molecule has 2 aliphatic rings. The molecule has 1 unspecified atom stereocenters. The lowest BCUT2D eigenvalue weighted by atomic mass is 9.86. The second-order valence-corrected chi connectivity index (χ2v) is 3.79. The van der Waals surface area contributed by atoms with E-state index in [2.05, 4.69) is 23.5 Å². The molecule has 0 fully saturated rings. The van der Waals surface area contributed by atoms with E-state index in [9.17, 15) is 0 Å². The van der Waals surface area contributed by atoms with Crippen LogP contribution in [0.5, 0.6) is 5.75 Å². The smallest absolute Gasteiger partial charge is 0.123 e. The third-order valence-corrected chi connectivity index (χ3v) is 2.99. The third kappa shape index (κ3) is 1.39. The minimum Gasteiger partial charge on any atom is -0.493 e. The van der Waals surface area contributed by atoms with Crippen LogP contribution >= 0.6 is 12.4 Å². The summed E-state index contributed by atoms with van der Waals surface area (Å²) in [5.41, 5.74) is 2.89. The first kappa shape index (κ1) is 9.81. The van der Waals surface area contributed by atoms with Crippen LogP contribution in [0.1, 0.15) is 23.5 Å². The van der Waals surface area contributed by atoms with Crippen molar-refractivity contribution in [2.45, 2.75) is 18.9 Å². The molecule has 0 aliphatic carbocycles. The van der Waals surface area contributed by atoms with Crippen molar-refractivity contribution >= 4 is 12.4 Å². The number of halogens is 1. The molecule has 2 nitrogen and oxygen atoms in total. The van der Waals surface area contributed by atoms with Gasteiger partial charge in [-0.15, -0.1) is 12.4 Å². The van der Waals surface area contributed by atoms with Gasteiger partial charge in [0.05, 0.1) is 6.61 Å². The summed E-state index contributed by atoms with van der Waals surface area (Å²) in [7, 11) is 0. The Balaban J connectivity index is 0.000000750. The highest BCUT2D eigenvalue weighted by Crippen LogP contribution is 2.37. The molecule has 2 aliphatic heterocycles. The maximum atomic E-state index is 5.64. The normalized spacial score (nSPS) is 23.0. The van der Waals surface area contributed by atoms with Gasteiger partial charge in [0.15, 0.2) is 0 Å². The topological polar surface area (TPSA) is 21.3 Å². The van der Waals surface area contributed by atoms with Crippen LogP contribution in [0.15, 0.2) is 18.2 Å². The summed E-state index contributed by atoms with van der Waals surface area (Å²) in [6.07, 6.45) is 1.16. The zero-order chi connectivity index (χ0) is 8.67. The predicted molar refractivity (Wildman–Crippen MR) is 58.2 cm³/mol. The summed E-state index contributed by atoms with van der Waals surface area (Å²) >= 11 is 0. The number of hydrogen-bond donors (Lipinski definition) is 1. The molecule has 1 aromatic rings. The maximum Gasteiger partial charge on any atom is 0.123 e. The average molecular weight is 212 g/mol. The van der Waals surface area contributed by atoms with Crippen LogP contribution in [0, 0.1) is 0 Å². The lowest BCUT2D eigenvalue weighted by Gasteiger charge is -2.32. The van der Waals surface area contributed by atoms with Crippen LogP contribution < -0.4 is 10.1 Å². The van der Waals surface area contributed by atoms with Gasteiger partial charge in [-0.2, -0.15) is 0 Å². The zero-order valence-electron chi connectivity index (χ0n) is 7.95. The first-order valence-electron chi connectivity index (χ1n) is 4.90. The Bertz CT molecular complexity index is 312. The molecule has 0 saturated heterocycles. The molecular formula is C11H14ClNO. The summed E-state index contributed by atoms with van der Waals surface area (Å²) in [6.45, 7) is 3.00. The molecule has 1 N–H and O–H groups in total. The quantitative estimate of drug-likeness (QED) is 0.710. The van der Waals surface area contributed by atoms with Gasteiger partial charge in [0.25, 0.3) is 0 Å². The van der Waals surface area contributed by atoms with Gasteiger partial charge in [-0.3, -0.25) is 0 Å². The second-order valence-electron chi connectivity index (χ2n) is 3.79. The Labute approximate surface area is 90.1 Å². The van der Waals surface area contributed by atoms with Crippen LogP contribution in [-0.2, 0) is 6.54 Å². The molecule has 0 spiro atoms. The summed E-state index contributed by atoms with van der Waals surface area (Å²) in [5.74, 6) is 1.81. The molecule has 76 valence electrons. The standard InChI is InChI=1S/C11H13NO.ClH/c1-2-8-6-12-7-9-4-5-13-10(3-1)11(8)9;/h1-3,9,12H,4-7H2;1H. The molecule has 1 atom stereocenters. The fourth-order valence-electron chi connectivity index (χ4n) is 2.37. The summed E-state index contributed by atoms with van der Waals surface area (Å²) in [5, 5.41) is 3.45. The molecule has 0 amide bonds. The Morgan fingerprint density at radius 1 is 1.36 bits per heavy atom. The summed E-state index contributed by atoms with van der Waals surface area (Å²) in [6, 6.07) is 6.38. The van der Waals surface area contributed by atoms with E-state index >= 15 is 0 Å². The zero-order valence-corrected chi connectivity index (χ0v) is 8.77. The van der Waals surface area contributed by atoms with Gasteiger partial charge in [0, 0.05) is 24.6 Å². The number of hydrogen-bond acceptors (Lipinski definition) is 2. The van der Waals surface area contributed by atoms with E-state index < -0.39 is 0 Å². The fourth-order valence-corrected chi connectivity index (χ4v) is 2.37. The van der Waals surface area contributed by atoms with Crippen molar-refractivity contribution in [3.63, 3.8) is 0 Å². The van der Waals surface area contributed by atoms with Crippen molar-refractivity contribution in [1.82, 2.24) is 5.32 Å². The SMILES string of the molecule is Cl.c1cc2c3c(c1)OCCC3CNC2. The molecule has 14 heavy (non-hydrogen) atoms. The van der Waals surface area contributed by atoms with Gasteiger partial charge in [-0.05, 0) is 18.1 Å². The number of ether oxygens (including phenoxy) is 1. The number of rotatable bonds is 0. The third-order valence-electron chi connectivity index (χ3n) is 2.99. The fraction of sp³-hybridized carbons (Fsp3) is 0.455. The van der Waals surface area contributed by atoms with Crippen molar-refractivity contribution in [1.29, 1.82) is 0 Å². The lowest BCUT2D eigenvalue weighted by Crippen LogP contribution is -2.31. The van der Waals surface area contributed by atoms with Gasteiger partial charge < -0.3 is 10.1 Å². The van der Waals surface area contributed by atoms with Crippen LogP contribution in [0.25, 0.3) is 0 Å². The van der Waals surface area contributed by atoms with Crippen molar-refractivity contribution < 1.29 is 4.74 Å². The van der Waals surface area contributed by atoms with Gasteiger partial charge in [-0.25, -0.2) is 0 Å². The Morgan fingerprint density at radius 3 is 3.21 bits per heavy atom. The van der Waals surface area contributed by atoms with E-state index in [1.54, 1.807) is 0 Å². The van der Waals surface area contributed by atoms with E-state index in [1.165, 1.54) is 11.1 Å². The molecular weight excluding hydrogens is 198 g/mol. The Morgan fingerprint density at radius 2 is 2.29 bits per heavy atom. The second kappa shape index (κ2) is 3.79. The molecule has 0 radical (unpaired) electrons. The van der Waals surface area contributed by atoms with Crippen LogP contribution in [0.4, 0.5) is 0 Å². The van der Waals surface area contributed by atoms with E-state index in [-0.39, 0.29) is 12.4 Å². The first-order chi connectivity index (χ1) is 6.45. The van der Waals surface area contributed by atoms with E-state index in [0.717, 1.165) is 31.9 Å². The Kier molecular flexibility index (Phi) is 2.66. The minimum absolute atomic E-state index is 0. The van der Waals surface area contributed by atoms with Crippen LogP contribution in [0.3, 0.4) is 0 Å². The molecule has 2 heterocycles. The first-order valence-corrected chi connectivity index (χ1v) is 4.90. The molecule has 3 heteroatoms. The van der Waals surface area contributed by atoms with Gasteiger partial charge in [-0.1, -0.05) is 12.1 Å². The predicted octanol–water partition coefficient (Wildman–Crippen LogP) is 2.08. The van der Waals surface area contributed by atoms with Crippen molar-refractivity contribution in [3.8, 4) is 5.75 Å². The van der Waals surface area contributed by atoms with Gasteiger partial charge in [0.1, 0.15) is 5.75 Å². The monoisotopic (exact) mass is 211 g/mol. The van der Waals surface area contributed by atoms with Crippen LogP contribution in [0.2, 0.25) is 0 Å². The Hall–Kier alpha value is -0.730. The molecule has 0 aromatic heterocycles. The molecule has 0 bridgehead atoms. The van der Waals surface area contributed by atoms with Crippen LogP contribution in [-0.4, -0.2) is 13.2 Å². The molecule has 1 aromatic carbocycles. The minimum atomic E-state index is 0. The average Bonchev–Trinajstić information content (AvgIpc) is 2.19. The van der Waals surface area contributed by atoms with Crippen molar-refractivity contribution in [2.24, 2.45) is 0 Å². The van der Waals surface area contributed by atoms with E-state index in [4.69, 9.17) is 4.74 Å². The van der Waals surface area contributed by atoms with Gasteiger partial charge >= 0.3 is 0 Å². The molecule has 3 rings (SSSR count). The highest BCUT2D eigenvalue weighted by molar-refractivity contribution is 5.85. The summed E-state index contributed by atoms with van der Waals surface area (Å²) in [4.78, 5) is 0. The summed E-state index contributed by atoms with van der Waals surface area (Å²) < 4.78 is 5.64. The van der Waals surface area contributed by atoms with Crippen molar-refractivity contribution in [3.05, 3.63) is 29.3 Å². The van der Waals surface area contributed by atoms with Crippen molar-refractivity contribution in [2.75, 3.05) is 13.2 Å². The van der Waals surface area contributed by atoms with E-state index in [0.29, 0.717) is 5.92 Å². The highest BCUT2D eigenvalue weighted by atomic mass is 35.5. The number of benzene rings is 1. The lowest BCUT2D eigenvalue weighted by molar-refractivity contribution is 0.258. The number of nitrogens with one attached hydrogen (secondary N) is 1. The largest absolute Gasteiger partial charge is 0.493 e. The van der Waals surface area contributed by atoms with E-state index in [1.807, 2.05) is 0 Å². The molecule has 0 saturated carbocycles. The highest BCUT2D eigenvalue weighted by Gasteiger charge is 2.26. The van der Waals surface area contributed by atoms with Gasteiger partial charge in [0.2, 0.25) is 0 Å².